The average molecular weight is 381 g/mol. The summed E-state index contributed by atoms with van der Waals surface area (Å²) in [7, 11) is 0. The molecule has 27 heavy (non-hydrogen) atoms. The lowest BCUT2D eigenvalue weighted by Gasteiger charge is -2.20. The van der Waals surface area contributed by atoms with Crippen molar-refractivity contribution >= 4 is 28.6 Å². The minimum absolute atomic E-state index is 0.239. The Labute approximate surface area is 162 Å². The van der Waals surface area contributed by atoms with Gasteiger partial charge in [0, 0.05) is 21.7 Å². The van der Waals surface area contributed by atoms with Crippen LogP contribution in [-0.4, -0.2) is 23.3 Å². The molecule has 0 unspecified atom stereocenters. The molecule has 138 valence electrons. The predicted octanol–water partition coefficient (Wildman–Crippen LogP) is 5.20. The van der Waals surface area contributed by atoms with Crippen LogP contribution in [0.2, 0.25) is 0 Å². The molecule has 0 amide bonds. The summed E-state index contributed by atoms with van der Waals surface area (Å²) in [5.41, 5.74) is 3.55. The summed E-state index contributed by atoms with van der Waals surface area (Å²) >= 11 is 1.35. The summed E-state index contributed by atoms with van der Waals surface area (Å²) in [5.74, 6) is -0.0402. The fourth-order valence-electron chi connectivity index (χ4n) is 3.53. The minimum atomic E-state index is -0.305. The van der Waals surface area contributed by atoms with Gasteiger partial charge >= 0.3 is 5.97 Å². The summed E-state index contributed by atoms with van der Waals surface area (Å²) in [5, 5.41) is 0.852. The van der Waals surface area contributed by atoms with Crippen LogP contribution in [0.25, 0.3) is 10.9 Å². The number of carbonyl (C=O) groups excluding carboxylic acids is 1. The minimum Gasteiger partial charge on any atom is -0.461 e. The molecule has 0 fully saturated rings. The SMILES string of the molecule is O=C(OCCSc1ccccc1F)c1c2c(nc3ccccc13)CCCC2. The third kappa shape index (κ3) is 3.83. The van der Waals surface area contributed by atoms with Gasteiger partial charge in [-0.05, 0) is 49.4 Å². The van der Waals surface area contributed by atoms with E-state index in [1.54, 1.807) is 18.2 Å². The van der Waals surface area contributed by atoms with Gasteiger partial charge in [-0.25, -0.2) is 9.18 Å². The monoisotopic (exact) mass is 381 g/mol. The Hall–Kier alpha value is -2.40. The van der Waals surface area contributed by atoms with Gasteiger partial charge in [-0.2, -0.15) is 0 Å². The molecule has 0 radical (unpaired) electrons. The number of aromatic nitrogens is 1. The molecule has 2 aromatic carbocycles. The number of hydrogen-bond acceptors (Lipinski definition) is 4. The first kappa shape index (κ1) is 18.0. The molecule has 1 aliphatic rings. The van der Waals surface area contributed by atoms with Crippen molar-refractivity contribution in [2.24, 2.45) is 0 Å². The van der Waals surface area contributed by atoms with Crippen LogP contribution in [-0.2, 0) is 17.6 Å². The Bertz CT molecular complexity index is 989. The molecular weight excluding hydrogens is 361 g/mol. The number of benzene rings is 2. The normalized spacial score (nSPS) is 13.4. The Morgan fingerprint density at radius 2 is 1.85 bits per heavy atom. The molecule has 3 aromatic rings. The second-order valence-corrected chi connectivity index (χ2v) is 7.69. The zero-order chi connectivity index (χ0) is 18.6. The van der Waals surface area contributed by atoms with Gasteiger partial charge in [0.1, 0.15) is 12.4 Å². The van der Waals surface area contributed by atoms with E-state index < -0.39 is 0 Å². The lowest BCUT2D eigenvalue weighted by Crippen LogP contribution is -2.16. The Morgan fingerprint density at radius 3 is 2.74 bits per heavy atom. The topological polar surface area (TPSA) is 39.2 Å². The van der Waals surface area contributed by atoms with Crippen LogP contribution in [0.15, 0.2) is 53.4 Å². The fourth-order valence-corrected chi connectivity index (χ4v) is 4.29. The second-order valence-electron chi connectivity index (χ2n) is 6.55. The van der Waals surface area contributed by atoms with Gasteiger partial charge < -0.3 is 4.74 Å². The lowest BCUT2D eigenvalue weighted by molar-refractivity contribution is 0.0531. The molecule has 0 spiro atoms. The average Bonchev–Trinajstić information content (AvgIpc) is 2.70. The molecule has 0 saturated carbocycles. The molecule has 0 saturated heterocycles. The van der Waals surface area contributed by atoms with Crippen molar-refractivity contribution in [3.8, 4) is 0 Å². The highest BCUT2D eigenvalue weighted by Gasteiger charge is 2.23. The van der Waals surface area contributed by atoms with Crippen molar-refractivity contribution in [2.45, 2.75) is 30.6 Å². The Kier molecular flexibility index (Phi) is 5.39. The van der Waals surface area contributed by atoms with Crippen LogP contribution < -0.4 is 0 Å². The first-order valence-corrected chi connectivity index (χ1v) is 10.2. The zero-order valence-corrected chi connectivity index (χ0v) is 15.7. The van der Waals surface area contributed by atoms with Gasteiger partial charge in [0.15, 0.2) is 0 Å². The molecule has 0 atom stereocenters. The first-order chi connectivity index (χ1) is 13.2. The number of fused-ring (bicyclic) bond motifs is 2. The second kappa shape index (κ2) is 8.09. The molecule has 0 N–H and O–H groups in total. The van der Waals surface area contributed by atoms with Crippen LogP contribution in [0.5, 0.6) is 0 Å². The highest BCUT2D eigenvalue weighted by Crippen LogP contribution is 2.30. The van der Waals surface area contributed by atoms with Crippen molar-refractivity contribution in [2.75, 3.05) is 12.4 Å². The van der Waals surface area contributed by atoms with Gasteiger partial charge in [0.05, 0.1) is 11.1 Å². The number of pyridine rings is 1. The van der Waals surface area contributed by atoms with Crippen LogP contribution in [0, 0.1) is 5.82 Å². The van der Waals surface area contributed by atoms with Gasteiger partial charge in [0.2, 0.25) is 0 Å². The van der Waals surface area contributed by atoms with Crippen molar-refractivity contribution in [3.05, 3.63) is 71.2 Å². The maximum Gasteiger partial charge on any atom is 0.339 e. The van der Waals surface area contributed by atoms with Crippen molar-refractivity contribution in [1.29, 1.82) is 0 Å². The van der Waals surface area contributed by atoms with Crippen LogP contribution in [0.4, 0.5) is 4.39 Å². The highest BCUT2D eigenvalue weighted by atomic mass is 32.2. The maximum absolute atomic E-state index is 13.7. The number of ether oxygens (including phenoxy) is 1. The summed E-state index contributed by atoms with van der Waals surface area (Å²) in [6.45, 7) is 0.239. The number of hydrogen-bond donors (Lipinski definition) is 0. The number of thioether (sulfide) groups is 1. The van der Waals surface area contributed by atoms with E-state index in [0.717, 1.165) is 47.8 Å². The van der Waals surface area contributed by atoms with E-state index >= 15 is 0 Å². The van der Waals surface area contributed by atoms with Gasteiger partial charge in [-0.1, -0.05) is 30.3 Å². The van der Waals surface area contributed by atoms with E-state index in [0.29, 0.717) is 16.2 Å². The van der Waals surface area contributed by atoms with E-state index in [2.05, 4.69) is 0 Å². The number of para-hydroxylation sites is 1. The number of carbonyl (C=O) groups is 1. The molecule has 1 aliphatic carbocycles. The molecular formula is C22H20FNO2S. The van der Waals surface area contributed by atoms with Crippen LogP contribution >= 0.6 is 11.8 Å². The molecule has 5 heteroatoms. The first-order valence-electron chi connectivity index (χ1n) is 9.19. The summed E-state index contributed by atoms with van der Waals surface area (Å²) in [6, 6.07) is 14.4. The molecule has 0 bridgehead atoms. The van der Waals surface area contributed by atoms with Crippen LogP contribution in [0.1, 0.15) is 34.5 Å². The van der Waals surface area contributed by atoms with Crippen molar-refractivity contribution < 1.29 is 13.9 Å². The zero-order valence-electron chi connectivity index (χ0n) is 14.9. The number of nitrogens with zero attached hydrogens (tertiary/aromatic N) is 1. The number of rotatable bonds is 5. The highest BCUT2D eigenvalue weighted by molar-refractivity contribution is 7.99. The molecule has 1 aromatic heterocycles. The van der Waals surface area contributed by atoms with E-state index in [1.165, 1.54) is 17.8 Å². The molecule has 3 nitrogen and oxygen atoms in total. The number of esters is 1. The van der Waals surface area contributed by atoms with Gasteiger partial charge in [-0.3, -0.25) is 4.98 Å². The van der Waals surface area contributed by atoms with E-state index in [-0.39, 0.29) is 18.4 Å². The Morgan fingerprint density at radius 1 is 1.07 bits per heavy atom. The standard InChI is InChI=1S/C22H20FNO2S/c23-17-9-3-6-12-20(17)27-14-13-26-22(25)21-15-7-1-4-10-18(15)24-19-11-5-2-8-16(19)21/h1,3-4,6-7,9-10,12H,2,5,8,11,13-14H2. The third-order valence-corrected chi connectivity index (χ3v) is 5.80. The number of aryl methyl sites for hydroxylation is 1. The summed E-state index contributed by atoms with van der Waals surface area (Å²) < 4.78 is 19.2. The Balaban J connectivity index is 1.51. The van der Waals surface area contributed by atoms with E-state index in [1.807, 2.05) is 24.3 Å². The quantitative estimate of drug-likeness (QED) is 0.346. The predicted molar refractivity (Wildman–Crippen MR) is 106 cm³/mol. The van der Waals surface area contributed by atoms with Crippen LogP contribution in [0.3, 0.4) is 0 Å². The van der Waals surface area contributed by atoms with Gasteiger partial charge in [-0.15, -0.1) is 11.8 Å². The summed E-state index contributed by atoms with van der Waals surface area (Å²) in [4.78, 5) is 18.2. The van der Waals surface area contributed by atoms with Crippen molar-refractivity contribution in [1.82, 2.24) is 4.98 Å². The fraction of sp³-hybridized carbons (Fsp3) is 0.273. The van der Waals surface area contributed by atoms with Gasteiger partial charge in [0.25, 0.3) is 0 Å². The smallest absolute Gasteiger partial charge is 0.339 e. The van der Waals surface area contributed by atoms with E-state index in [4.69, 9.17) is 9.72 Å². The van der Waals surface area contributed by atoms with Crippen molar-refractivity contribution in [3.63, 3.8) is 0 Å². The molecule has 4 rings (SSSR count). The number of halogens is 1. The molecule has 0 aliphatic heterocycles. The molecule has 1 heterocycles. The third-order valence-electron chi connectivity index (χ3n) is 4.78. The maximum atomic E-state index is 13.7. The van der Waals surface area contributed by atoms with E-state index in [9.17, 15) is 9.18 Å². The summed E-state index contributed by atoms with van der Waals surface area (Å²) in [6.07, 6.45) is 3.94. The largest absolute Gasteiger partial charge is 0.461 e. The lowest BCUT2D eigenvalue weighted by atomic mass is 9.90.